The number of hydrogen-bond donors (Lipinski definition) is 0. The predicted molar refractivity (Wildman–Crippen MR) is 106 cm³/mol. The number of rotatable bonds is 4. The van der Waals surface area contributed by atoms with E-state index in [1.807, 2.05) is 0 Å². The largest absolute Gasteiger partial charge is 0.468 e. The molecule has 0 N–H and O–H groups in total. The molecule has 1 fully saturated rings. The Kier molecular flexibility index (Phi) is 6.72. The zero-order valence-corrected chi connectivity index (χ0v) is 18.6. The molecule has 0 bridgehead atoms. The predicted octanol–water partition coefficient (Wildman–Crippen LogP) is 2.97. The molecule has 0 unspecified atom stereocenters. The van der Waals surface area contributed by atoms with Crippen LogP contribution in [-0.2, 0) is 23.8 Å². The number of carbonyl (C=O) groups is 4. The summed E-state index contributed by atoms with van der Waals surface area (Å²) in [5.41, 5.74) is -2.36. The van der Waals surface area contributed by atoms with Crippen LogP contribution in [0.5, 0.6) is 0 Å². The van der Waals surface area contributed by atoms with Crippen LogP contribution in [0.2, 0.25) is 0 Å². The van der Waals surface area contributed by atoms with Gasteiger partial charge in [-0.05, 0) is 26.8 Å². The molecule has 0 spiro atoms. The Morgan fingerprint density at radius 3 is 2.24 bits per heavy atom. The number of nitrogens with zero attached hydrogens (tertiary/aromatic N) is 1. The van der Waals surface area contributed by atoms with Gasteiger partial charge in [-0.15, -0.1) is 0 Å². The van der Waals surface area contributed by atoms with Gasteiger partial charge in [0.1, 0.15) is 11.6 Å². The number of ether oxygens (including phenoxy) is 3. The molecule has 1 saturated heterocycles. The molecule has 1 aromatic carbocycles. The lowest BCUT2D eigenvalue weighted by molar-refractivity contribution is -0.149. The first-order chi connectivity index (χ1) is 13.5. The summed E-state index contributed by atoms with van der Waals surface area (Å²) in [5, 5.41) is 0. The molecule has 2 atom stereocenters. The van der Waals surface area contributed by atoms with E-state index in [0.717, 1.165) is 12.0 Å². The molecule has 1 heterocycles. The minimum Gasteiger partial charge on any atom is -0.468 e. The molecule has 0 aromatic heterocycles. The Labute approximate surface area is 177 Å². The van der Waals surface area contributed by atoms with E-state index in [9.17, 15) is 19.2 Å². The van der Waals surface area contributed by atoms with Crippen LogP contribution in [0.25, 0.3) is 0 Å². The summed E-state index contributed by atoms with van der Waals surface area (Å²) < 4.78 is 15.6. The van der Waals surface area contributed by atoms with Crippen LogP contribution in [0.1, 0.15) is 37.6 Å². The van der Waals surface area contributed by atoms with Crippen molar-refractivity contribution in [2.24, 2.45) is 5.41 Å². The maximum absolute atomic E-state index is 13.4. The smallest absolute Gasteiger partial charge is 0.411 e. The summed E-state index contributed by atoms with van der Waals surface area (Å²) >= 11 is 3.31. The molecule has 2 rings (SSSR count). The van der Waals surface area contributed by atoms with Gasteiger partial charge in [-0.3, -0.25) is 14.5 Å². The van der Waals surface area contributed by atoms with Crippen LogP contribution in [0.3, 0.4) is 0 Å². The van der Waals surface area contributed by atoms with E-state index >= 15 is 0 Å². The monoisotopic (exact) mass is 469 g/mol. The molecule has 0 radical (unpaired) electrons. The summed E-state index contributed by atoms with van der Waals surface area (Å²) in [7, 11) is 2.32. The van der Waals surface area contributed by atoms with Crippen LogP contribution < -0.4 is 0 Å². The average molecular weight is 470 g/mol. The number of carbonyl (C=O) groups excluding carboxylic acids is 4. The van der Waals surface area contributed by atoms with Crippen molar-refractivity contribution in [3.05, 3.63) is 34.3 Å². The standard InChI is InChI=1S/C20H24BrNO7/c1-19(2,3)29-18(26)22-11-20(17(25)28-5,10-14(22)16(24)27-4)15(23)12-8-6-7-9-13(12)21/h6-9,14H,10-11H2,1-5H3/t14-,20-/m0/s1. The van der Waals surface area contributed by atoms with Crippen molar-refractivity contribution in [3.8, 4) is 0 Å². The molecule has 0 saturated carbocycles. The van der Waals surface area contributed by atoms with Gasteiger partial charge in [-0.1, -0.05) is 34.1 Å². The molecule has 1 amide bonds. The van der Waals surface area contributed by atoms with Crippen molar-refractivity contribution >= 4 is 39.7 Å². The van der Waals surface area contributed by atoms with E-state index < -0.39 is 40.9 Å². The van der Waals surface area contributed by atoms with Gasteiger partial charge < -0.3 is 14.2 Å². The minimum absolute atomic E-state index is 0.243. The average Bonchev–Trinajstić information content (AvgIpc) is 3.07. The Balaban J connectivity index is 2.54. The quantitative estimate of drug-likeness (QED) is 0.289. The fraction of sp³-hybridized carbons (Fsp3) is 0.500. The lowest BCUT2D eigenvalue weighted by Gasteiger charge is -2.28. The number of halogens is 1. The maximum Gasteiger partial charge on any atom is 0.411 e. The Morgan fingerprint density at radius 2 is 1.72 bits per heavy atom. The van der Waals surface area contributed by atoms with Crippen molar-refractivity contribution < 1.29 is 33.4 Å². The molecule has 1 aromatic rings. The van der Waals surface area contributed by atoms with Crippen LogP contribution in [-0.4, -0.2) is 61.1 Å². The molecular formula is C20H24BrNO7. The van der Waals surface area contributed by atoms with Gasteiger partial charge >= 0.3 is 18.0 Å². The second-order valence-corrected chi connectivity index (χ2v) is 8.59. The van der Waals surface area contributed by atoms with Crippen molar-refractivity contribution in [1.82, 2.24) is 4.90 Å². The molecule has 9 heteroatoms. The van der Waals surface area contributed by atoms with Gasteiger partial charge in [-0.25, -0.2) is 9.59 Å². The second-order valence-electron chi connectivity index (χ2n) is 7.73. The van der Waals surface area contributed by atoms with E-state index in [-0.39, 0.29) is 18.5 Å². The third-order valence-corrected chi connectivity index (χ3v) is 5.28. The maximum atomic E-state index is 13.4. The van der Waals surface area contributed by atoms with E-state index in [2.05, 4.69) is 15.9 Å². The van der Waals surface area contributed by atoms with Crippen LogP contribution in [0, 0.1) is 5.41 Å². The number of methoxy groups -OCH3 is 2. The molecule has 0 aliphatic carbocycles. The van der Waals surface area contributed by atoms with Gasteiger partial charge in [-0.2, -0.15) is 0 Å². The number of amides is 1. The van der Waals surface area contributed by atoms with Gasteiger partial charge in [0.15, 0.2) is 11.2 Å². The van der Waals surface area contributed by atoms with Crippen molar-refractivity contribution in [1.29, 1.82) is 0 Å². The van der Waals surface area contributed by atoms with Crippen LogP contribution in [0.4, 0.5) is 4.79 Å². The van der Waals surface area contributed by atoms with E-state index in [0.29, 0.717) is 4.47 Å². The third kappa shape index (κ3) is 4.60. The van der Waals surface area contributed by atoms with Crippen LogP contribution >= 0.6 is 15.9 Å². The zero-order valence-electron chi connectivity index (χ0n) is 17.0. The summed E-state index contributed by atoms with van der Waals surface area (Å²) in [6.07, 6.45) is -1.09. The lowest BCUT2D eigenvalue weighted by atomic mass is 9.78. The summed E-state index contributed by atoms with van der Waals surface area (Å²) in [4.78, 5) is 52.4. The number of ketones is 1. The topological polar surface area (TPSA) is 99.2 Å². The zero-order chi connectivity index (χ0) is 22.0. The first-order valence-corrected chi connectivity index (χ1v) is 9.71. The highest BCUT2D eigenvalue weighted by Gasteiger charge is 2.59. The molecule has 1 aliphatic heterocycles. The minimum atomic E-state index is -1.77. The van der Waals surface area contributed by atoms with E-state index in [1.54, 1.807) is 45.0 Å². The first-order valence-electron chi connectivity index (χ1n) is 8.92. The number of Topliss-reactive ketones (excluding diaryl/α,β-unsaturated/α-hetero) is 1. The first kappa shape index (κ1) is 22.9. The summed E-state index contributed by atoms with van der Waals surface area (Å²) in [5.74, 6) is -2.14. The highest BCUT2D eigenvalue weighted by atomic mass is 79.9. The van der Waals surface area contributed by atoms with Crippen molar-refractivity contribution in [2.75, 3.05) is 20.8 Å². The van der Waals surface area contributed by atoms with E-state index in [1.165, 1.54) is 7.11 Å². The van der Waals surface area contributed by atoms with Crippen molar-refractivity contribution in [3.63, 3.8) is 0 Å². The molecule has 1 aliphatic rings. The fourth-order valence-electron chi connectivity index (χ4n) is 3.27. The number of likely N-dealkylation sites (tertiary alicyclic amines) is 1. The molecule has 158 valence electrons. The molecule has 29 heavy (non-hydrogen) atoms. The third-order valence-electron chi connectivity index (χ3n) is 4.59. The van der Waals surface area contributed by atoms with Crippen LogP contribution in [0.15, 0.2) is 28.7 Å². The Morgan fingerprint density at radius 1 is 1.10 bits per heavy atom. The molecular weight excluding hydrogens is 446 g/mol. The van der Waals surface area contributed by atoms with Gasteiger partial charge in [0, 0.05) is 23.0 Å². The summed E-state index contributed by atoms with van der Waals surface area (Å²) in [6.45, 7) is 4.66. The normalized spacial score (nSPS) is 21.4. The summed E-state index contributed by atoms with van der Waals surface area (Å²) in [6, 6.07) is 5.43. The number of benzene rings is 1. The van der Waals surface area contributed by atoms with Crippen molar-refractivity contribution in [2.45, 2.75) is 38.8 Å². The van der Waals surface area contributed by atoms with Gasteiger partial charge in [0.2, 0.25) is 0 Å². The second kappa shape index (κ2) is 8.52. The SMILES string of the molecule is COC(=O)[C@@H]1C[C@@](C(=O)OC)(C(=O)c2ccccc2Br)CN1C(=O)OC(C)(C)C. The highest BCUT2D eigenvalue weighted by molar-refractivity contribution is 9.10. The fourth-order valence-corrected chi connectivity index (χ4v) is 3.73. The Bertz CT molecular complexity index is 832. The van der Waals surface area contributed by atoms with Gasteiger partial charge in [0.05, 0.1) is 14.2 Å². The molecule has 8 nitrogen and oxygen atoms in total. The van der Waals surface area contributed by atoms with E-state index in [4.69, 9.17) is 14.2 Å². The van der Waals surface area contributed by atoms with Gasteiger partial charge in [0.25, 0.3) is 0 Å². The lowest BCUT2D eigenvalue weighted by Crippen LogP contribution is -2.46. The highest BCUT2D eigenvalue weighted by Crippen LogP contribution is 2.41. The Hall–Kier alpha value is -2.42. The number of esters is 2. The number of hydrogen-bond acceptors (Lipinski definition) is 7.